The van der Waals surface area contributed by atoms with E-state index in [4.69, 9.17) is 0 Å². The van der Waals surface area contributed by atoms with Gasteiger partial charge in [0.05, 0.1) is 22.3 Å². The minimum Gasteiger partial charge on any atom is -0.335 e. The first-order chi connectivity index (χ1) is 12.7. The van der Waals surface area contributed by atoms with Crippen molar-refractivity contribution in [3.8, 4) is 11.4 Å². The second kappa shape index (κ2) is 6.97. The summed E-state index contributed by atoms with van der Waals surface area (Å²) in [4.78, 5) is 31.4. The molecule has 0 spiro atoms. The average molecular weight is 361 g/mol. The highest BCUT2D eigenvalue weighted by Gasteiger charge is 2.15. The molecule has 0 bridgehead atoms. The summed E-state index contributed by atoms with van der Waals surface area (Å²) in [7, 11) is 1.75. The normalized spacial score (nSPS) is 10.8. The molecular formula is C19H15N5OS. The van der Waals surface area contributed by atoms with Gasteiger partial charge in [0.2, 0.25) is 0 Å². The molecule has 7 heteroatoms. The Labute approximate surface area is 154 Å². The molecule has 3 heterocycles. The standard InChI is InChI=1S/C19H15N5OS/c1-24(12-17-23-15-6-2-3-7-16(15)26-17)19(25)14-10-21-18(22-11-14)13-5-4-8-20-9-13/h2-11H,12H2,1H3. The molecular weight excluding hydrogens is 346 g/mol. The minimum absolute atomic E-state index is 0.137. The Morgan fingerprint density at radius 2 is 1.88 bits per heavy atom. The van der Waals surface area contributed by atoms with Gasteiger partial charge in [-0.25, -0.2) is 15.0 Å². The van der Waals surface area contributed by atoms with E-state index < -0.39 is 0 Å². The van der Waals surface area contributed by atoms with Crippen LogP contribution in [-0.4, -0.2) is 37.8 Å². The van der Waals surface area contributed by atoms with Crippen LogP contribution >= 0.6 is 11.3 Å². The molecule has 4 rings (SSSR count). The van der Waals surface area contributed by atoms with Gasteiger partial charge in [-0.2, -0.15) is 0 Å². The van der Waals surface area contributed by atoms with E-state index in [0.717, 1.165) is 20.8 Å². The fraction of sp³-hybridized carbons (Fsp3) is 0.105. The van der Waals surface area contributed by atoms with E-state index in [0.29, 0.717) is 17.9 Å². The van der Waals surface area contributed by atoms with Gasteiger partial charge in [-0.05, 0) is 24.3 Å². The van der Waals surface area contributed by atoms with Gasteiger partial charge in [-0.3, -0.25) is 9.78 Å². The zero-order valence-electron chi connectivity index (χ0n) is 14.0. The molecule has 0 aliphatic carbocycles. The van der Waals surface area contributed by atoms with Crippen molar-refractivity contribution in [3.63, 3.8) is 0 Å². The number of benzene rings is 1. The van der Waals surface area contributed by atoms with E-state index in [1.807, 2.05) is 36.4 Å². The molecule has 4 aromatic rings. The van der Waals surface area contributed by atoms with E-state index in [2.05, 4.69) is 19.9 Å². The third-order valence-electron chi connectivity index (χ3n) is 3.88. The van der Waals surface area contributed by atoms with Crippen molar-refractivity contribution < 1.29 is 4.79 Å². The van der Waals surface area contributed by atoms with E-state index in [-0.39, 0.29) is 5.91 Å². The number of nitrogens with zero attached hydrogens (tertiary/aromatic N) is 5. The van der Waals surface area contributed by atoms with Gasteiger partial charge in [0, 0.05) is 37.4 Å². The summed E-state index contributed by atoms with van der Waals surface area (Å²) in [5.74, 6) is 0.408. The van der Waals surface area contributed by atoms with Crippen LogP contribution in [0.1, 0.15) is 15.4 Å². The van der Waals surface area contributed by atoms with Gasteiger partial charge >= 0.3 is 0 Å². The molecule has 1 amide bonds. The lowest BCUT2D eigenvalue weighted by molar-refractivity contribution is 0.0784. The Bertz CT molecular complexity index is 1010. The summed E-state index contributed by atoms with van der Waals surface area (Å²) >= 11 is 1.59. The number of aromatic nitrogens is 4. The number of fused-ring (bicyclic) bond motifs is 1. The lowest BCUT2D eigenvalue weighted by Crippen LogP contribution is -2.26. The first-order valence-corrected chi connectivity index (χ1v) is 8.85. The molecule has 26 heavy (non-hydrogen) atoms. The lowest BCUT2D eigenvalue weighted by Gasteiger charge is -2.15. The average Bonchev–Trinajstić information content (AvgIpc) is 3.10. The van der Waals surface area contributed by atoms with Gasteiger partial charge < -0.3 is 4.90 Å². The van der Waals surface area contributed by atoms with Crippen molar-refractivity contribution in [2.75, 3.05) is 7.05 Å². The number of carbonyl (C=O) groups excluding carboxylic acids is 1. The lowest BCUT2D eigenvalue weighted by atomic mass is 10.2. The zero-order chi connectivity index (χ0) is 17.9. The predicted molar refractivity (Wildman–Crippen MR) is 101 cm³/mol. The second-order valence-electron chi connectivity index (χ2n) is 5.77. The van der Waals surface area contributed by atoms with Crippen molar-refractivity contribution in [1.82, 2.24) is 24.8 Å². The Hall–Kier alpha value is -3.19. The summed E-state index contributed by atoms with van der Waals surface area (Å²) in [5, 5.41) is 0.898. The molecule has 0 saturated carbocycles. The highest BCUT2D eigenvalue weighted by molar-refractivity contribution is 7.18. The van der Waals surface area contributed by atoms with Crippen LogP contribution < -0.4 is 0 Å². The predicted octanol–water partition coefficient (Wildman–Crippen LogP) is 3.42. The number of pyridine rings is 1. The van der Waals surface area contributed by atoms with Crippen LogP contribution in [0.15, 0.2) is 61.2 Å². The number of thiazole rings is 1. The van der Waals surface area contributed by atoms with Crippen molar-refractivity contribution in [2.45, 2.75) is 6.54 Å². The number of hydrogen-bond donors (Lipinski definition) is 0. The molecule has 0 aliphatic rings. The number of carbonyl (C=O) groups is 1. The molecule has 6 nitrogen and oxygen atoms in total. The highest BCUT2D eigenvalue weighted by atomic mass is 32.1. The Morgan fingerprint density at radius 3 is 2.62 bits per heavy atom. The fourth-order valence-corrected chi connectivity index (χ4v) is 3.59. The molecule has 0 N–H and O–H groups in total. The number of hydrogen-bond acceptors (Lipinski definition) is 6. The zero-order valence-corrected chi connectivity index (χ0v) is 14.8. The van der Waals surface area contributed by atoms with Gasteiger partial charge in [-0.15, -0.1) is 11.3 Å². The van der Waals surface area contributed by atoms with Gasteiger partial charge in [0.15, 0.2) is 5.82 Å². The monoisotopic (exact) mass is 361 g/mol. The summed E-state index contributed by atoms with van der Waals surface area (Å²) < 4.78 is 1.12. The number of amides is 1. The minimum atomic E-state index is -0.137. The maximum absolute atomic E-state index is 12.6. The second-order valence-corrected chi connectivity index (χ2v) is 6.89. The van der Waals surface area contributed by atoms with Crippen molar-refractivity contribution in [2.24, 2.45) is 0 Å². The van der Waals surface area contributed by atoms with Crippen LogP contribution in [0.3, 0.4) is 0 Å². The molecule has 0 unspecified atom stereocenters. The summed E-state index contributed by atoms with van der Waals surface area (Å²) in [6, 6.07) is 11.7. The van der Waals surface area contributed by atoms with Gasteiger partial charge in [0.25, 0.3) is 5.91 Å². The first kappa shape index (κ1) is 16.3. The topological polar surface area (TPSA) is 71.9 Å². The summed E-state index contributed by atoms with van der Waals surface area (Å²) in [6.07, 6.45) is 6.48. The van der Waals surface area contributed by atoms with Crippen molar-refractivity contribution in [1.29, 1.82) is 0 Å². The van der Waals surface area contributed by atoms with Gasteiger partial charge in [-0.1, -0.05) is 12.1 Å². The molecule has 0 radical (unpaired) electrons. The molecule has 0 aliphatic heterocycles. The highest BCUT2D eigenvalue weighted by Crippen LogP contribution is 2.22. The first-order valence-electron chi connectivity index (χ1n) is 8.03. The van der Waals surface area contributed by atoms with Crippen LogP contribution in [0, 0.1) is 0 Å². The van der Waals surface area contributed by atoms with Gasteiger partial charge in [0.1, 0.15) is 5.01 Å². The quantitative estimate of drug-likeness (QED) is 0.557. The van der Waals surface area contributed by atoms with Crippen LogP contribution in [0.4, 0.5) is 0 Å². The maximum Gasteiger partial charge on any atom is 0.257 e. The number of para-hydroxylation sites is 1. The molecule has 0 atom stereocenters. The van der Waals surface area contributed by atoms with E-state index in [1.54, 1.807) is 48.1 Å². The largest absolute Gasteiger partial charge is 0.335 e. The maximum atomic E-state index is 12.6. The Morgan fingerprint density at radius 1 is 1.08 bits per heavy atom. The van der Waals surface area contributed by atoms with Crippen LogP contribution in [0.5, 0.6) is 0 Å². The van der Waals surface area contributed by atoms with E-state index in [9.17, 15) is 4.79 Å². The van der Waals surface area contributed by atoms with Crippen LogP contribution in [0.25, 0.3) is 21.6 Å². The molecule has 128 valence electrons. The summed E-state index contributed by atoms with van der Waals surface area (Å²) in [6.45, 7) is 0.447. The smallest absolute Gasteiger partial charge is 0.257 e. The molecule has 3 aromatic heterocycles. The molecule has 0 fully saturated rings. The summed E-state index contributed by atoms with van der Waals surface area (Å²) in [5.41, 5.74) is 2.22. The van der Waals surface area contributed by atoms with Crippen molar-refractivity contribution >= 4 is 27.5 Å². The van der Waals surface area contributed by atoms with E-state index >= 15 is 0 Å². The van der Waals surface area contributed by atoms with Crippen molar-refractivity contribution in [3.05, 3.63) is 71.8 Å². The van der Waals surface area contributed by atoms with E-state index in [1.165, 1.54) is 0 Å². The third kappa shape index (κ3) is 3.29. The third-order valence-corrected chi connectivity index (χ3v) is 4.90. The van der Waals surface area contributed by atoms with Crippen LogP contribution in [0.2, 0.25) is 0 Å². The Kier molecular flexibility index (Phi) is 4.37. The van der Waals surface area contributed by atoms with Crippen LogP contribution in [-0.2, 0) is 6.54 Å². The molecule has 0 saturated heterocycles. The molecule has 1 aromatic carbocycles. The number of rotatable bonds is 4. The SMILES string of the molecule is CN(Cc1nc2ccccc2s1)C(=O)c1cnc(-c2cccnc2)nc1. The Balaban J connectivity index is 1.49. The fourth-order valence-electron chi connectivity index (χ4n) is 2.57.